The summed E-state index contributed by atoms with van der Waals surface area (Å²) in [4.78, 5) is 22.1. The first-order valence-electron chi connectivity index (χ1n) is 13.1. The molecule has 1 N–H and O–H groups in total. The van der Waals surface area contributed by atoms with E-state index in [0.717, 1.165) is 55.2 Å². The highest BCUT2D eigenvalue weighted by molar-refractivity contribution is 5.85. The fourth-order valence-electron chi connectivity index (χ4n) is 6.16. The Hall–Kier alpha value is -3.13. The van der Waals surface area contributed by atoms with Gasteiger partial charge >= 0.3 is 5.97 Å². The van der Waals surface area contributed by atoms with Crippen LogP contribution in [0.5, 0.6) is 5.75 Å². The summed E-state index contributed by atoms with van der Waals surface area (Å²) in [5.74, 6) is 0.899. The lowest BCUT2D eigenvalue weighted by atomic mass is 9.80. The number of hydrogen-bond acceptors (Lipinski definition) is 6. The standard InChI is InChI=1S/C29H34FN3O4/c1-27(2)14-23-20(6-9-22(25(23)36-27)19-4-7-21(30)8-5-19)16-32-17-29(18-32)15-24(31-37-29)33-12-10-28(3,11-13-33)26(34)35/h4-9H,10-18H2,1-3H3,(H,34,35). The molecular weight excluding hydrogens is 473 g/mol. The number of oxime groups is 1. The highest BCUT2D eigenvalue weighted by Crippen LogP contribution is 2.45. The van der Waals surface area contributed by atoms with Crippen LogP contribution in [-0.4, -0.2) is 64.1 Å². The summed E-state index contributed by atoms with van der Waals surface area (Å²) in [6.07, 6.45) is 2.85. The van der Waals surface area contributed by atoms with Gasteiger partial charge in [-0.1, -0.05) is 29.4 Å². The van der Waals surface area contributed by atoms with Gasteiger partial charge in [-0.25, -0.2) is 4.39 Å². The molecule has 0 atom stereocenters. The molecule has 8 heteroatoms. The zero-order valence-electron chi connectivity index (χ0n) is 21.7. The Morgan fingerprint density at radius 3 is 2.43 bits per heavy atom. The van der Waals surface area contributed by atoms with E-state index in [4.69, 9.17) is 9.57 Å². The third-order valence-electron chi connectivity index (χ3n) is 8.48. The number of halogens is 1. The largest absolute Gasteiger partial charge is 0.487 e. The van der Waals surface area contributed by atoms with Crippen molar-refractivity contribution in [3.05, 3.63) is 53.3 Å². The number of aliphatic carboxylic acids is 1. The molecule has 0 aliphatic carbocycles. The lowest BCUT2D eigenvalue weighted by molar-refractivity contribution is -0.150. The number of carbonyl (C=O) groups is 1. The van der Waals surface area contributed by atoms with E-state index in [1.165, 1.54) is 23.3 Å². The van der Waals surface area contributed by atoms with Crippen molar-refractivity contribution in [3.8, 4) is 16.9 Å². The van der Waals surface area contributed by atoms with Gasteiger partial charge in [-0.3, -0.25) is 9.69 Å². The Balaban J connectivity index is 1.11. The molecule has 7 nitrogen and oxygen atoms in total. The molecule has 4 aliphatic rings. The molecule has 2 aromatic rings. The van der Waals surface area contributed by atoms with Gasteiger partial charge in [0.25, 0.3) is 0 Å². The summed E-state index contributed by atoms with van der Waals surface area (Å²) in [6, 6.07) is 10.9. The van der Waals surface area contributed by atoms with E-state index in [0.29, 0.717) is 25.9 Å². The number of ether oxygens (including phenoxy) is 1. The predicted molar refractivity (Wildman–Crippen MR) is 138 cm³/mol. The third kappa shape index (κ3) is 4.35. The zero-order valence-corrected chi connectivity index (χ0v) is 21.7. The molecule has 0 unspecified atom stereocenters. The second-order valence-corrected chi connectivity index (χ2v) is 12.1. The van der Waals surface area contributed by atoms with Crippen LogP contribution >= 0.6 is 0 Å². The number of carboxylic acids is 1. The van der Waals surface area contributed by atoms with E-state index in [2.05, 4.69) is 40.9 Å². The lowest BCUT2D eigenvalue weighted by Crippen LogP contribution is -2.61. The van der Waals surface area contributed by atoms with Gasteiger partial charge in [-0.05, 0) is 56.9 Å². The van der Waals surface area contributed by atoms with Crippen LogP contribution in [0, 0.1) is 11.2 Å². The summed E-state index contributed by atoms with van der Waals surface area (Å²) >= 11 is 0. The van der Waals surface area contributed by atoms with Gasteiger partial charge in [-0.15, -0.1) is 0 Å². The number of benzene rings is 2. The molecule has 4 aliphatic heterocycles. The average molecular weight is 508 g/mol. The van der Waals surface area contributed by atoms with Crippen LogP contribution in [-0.2, 0) is 22.6 Å². The van der Waals surface area contributed by atoms with E-state index in [1.807, 2.05) is 6.92 Å². The highest BCUT2D eigenvalue weighted by atomic mass is 19.1. The average Bonchev–Trinajstić information content (AvgIpc) is 3.41. The smallest absolute Gasteiger partial charge is 0.309 e. The second-order valence-electron chi connectivity index (χ2n) is 12.1. The number of nitrogens with zero attached hydrogens (tertiary/aromatic N) is 3. The van der Waals surface area contributed by atoms with Crippen molar-refractivity contribution in [1.82, 2.24) is 9.80 Å². The SMILES string of the molecule is CC1(C)Cc2c(CN3CC4(CC(N5CCC(C)(C(=O)O)CC5)=NO4)C3)ccc(-c3ccc(F)cc3)c2O1. The van der Waals surface area contributed by atoms with Crippen molar-refractivity contribution in [2.45, 2.75) is 64.2 Å². The first-order chi connectivity index (χ1) is 17.5. The van der Waals surface area contributed by atoms with Crippen LogP contribution in [0.25, 0.3) is 11.1 Å². The molecule has 2 aromatic carbocycles. The molecule has 0 aromatic heterocycles. The minimum atomic E-state index is -0.714. The number of rotatable bonds is 4. The maximum Gasteiger partial charge on any atom is 0.309 e. The van der Waals surface area contributed by atoms with Crippen molar-refractivity contribution in [2.75, 3.05) is 26.2 Å². The topological polar surface area (TPSA) is 74.6 Å². The van der Waals surface area contributed by atoms with Crippen LogP contribution in [0.2, 0.25) is 0 Å². The van der Waals surface area contributed by atoms with Crippen molar-refractivity contribution in [1.29, 1.82) is 0 Å². The maximum absolute atomic E-state index is 13.5. The number of piperidine rings is 1. The quantitative estimate of drug-likeness (QED) is 0.648. The maximum atomic E-state index is 13.5. The van der Waals surface area contributed by atoms with Gasteiger partial charge in [0.15, 0.2) is 5.60 Å². The first kappa shape index (κ1) is 24.2. The summed E-state index contributed by atoms with van der Waals surface area (Å²) < 4.78 is 19.9. The third-order valence-corrected chi connectivity index (χ3v) is 8.48. The molecule has 4 heterocycles. The minimum absolute atomic E-state index is 0.245. The molecule has 2 saturated heterocycles. The molecule has 0 bridgehead atoms. The summed E-state index contributed by atoms with van der Waals surface area (Å²) in [5.41, 5.74) is 3.22. The van der Waals surface area contributed by atoms with E-state index in [1.54, 1.807) is 12.1 Å². The van der Waals surface area contributed by atoms with Crippen LogP contribution in [0.15, 0.2) is 41.6 Å². The van der Waals surface area contributed by atoms with Gasteiger partial charge in [0.05, 0.1) is 11.8 Å². The van der Waals surface area contributed by atoms with Gasteiger partial charge in [0, 0.05) is 50.3 Å². The molecule has 196 valence electrons. The number of amidine groups is 1. The Labute approximate surface area is 216 Å². The van der Waals surface area contributed by atoms with Crippen molar-refractivity contribution in [2.24, 2.45) is 10.6 Å². The number of fused-ring (bicyclic) bond motifs is 1. The van der Waals surface area contributed by atoms with Crippen LogP contribution in [0.1, 0.15) is 51.2 Å². The van der Waals surface area contributed by atoms with E-state index >= 15 is 0 Å². The molecule has 1 spiro atoms. The minimum Gasteiger partial charge on any atom is -0.487 e. The molecule has 0 amide bonds. The van der Waals surface area contributed by atoms with Crippen LogP contribution < -0.4 is 4.74 Å². The first-order valence-corrected chi connectivity index (χ1v) is 13.1. The fraction of sp³-hybridized carbons (Fsp3) is 0.517. The molecule has 6 rings (SSSR count). The molecule has 0 radical (unpaired) electrons. The summed E-state index contributed by atoms with van der Waals surface area (Å²) in [7, 11) is 0. The Bertz CT molecular complexity index is 1260. The number of carboxylic acid groups (broad SMARTS) is 1. The number of likely N-dealkylation sites (tertiary alicyclic amines) is 2. The van der Waals surface area contributed by atoms with E-state index in [-0.39, 0.29) is 17.0 Å². The fourth-order valence-corrected chi connectivity index (χ4v) is 6.16. The lowest BCUT2D eigenvalue weighted by Gasteiger charge is -2.46. The number of hydrogen-bond donors (Lipinski definition) is 1. The van der Waals surface area contributed by atoms with Crippen LogP contribution in [0.3, 0.4) is 0 Å². The summed E-state index contributed by atoms with van der Waals surface area (Å²) in [6.45, 7) is 9.87. The Kier molecular flexibility index (Phi) is 5.53. The normalized spacial score (nSPS) is 23.1. The Morgan fingerprint density at radius 1 is 1.05 bits per heavy atom. The van der Waals surface area contributed by atoms with Crippen molar-refractivity contribution >= 4 is 11.8 Å². The predicted octanol–water partition coefficient (Wildman–Crippen LogP) is 4.68. The van der Waals surface area contributed by atoms with Gasteiger partial charge in [0.2, 0.25) is 0 Å². The Morgan fingerprint density at radius 2 is 1.76 bits per heavy atom. The van der Waals surface area contributed by atoms with Gasteiger partial charge in [-0.2, -0.15) is 0 Å². The van der Waals surface area contributed by atoms with Crippen molar-refractivity contribution < 1.29 is 23.9 Å². The molecule has 2 fully saturated rings. The highest BCUT2D eigenvalue weighted by Gasteiger charge is 2.51. The van der Waals surface area contributed by atoms with E-state index in [9.17, 15) is 14.3 Å². The second kappa shape index (κ2) is 8.45. The monoisotopic (exact) mass is 507 g/mol. The van der Waals surface area contributed by atoms with Crippen LogP contribution in [0.4, 0.5) is 4.39 Å². The van der Waals surface area contributed by atoms with Gasteiger partial charge < -0.3 is 19.6 Å². The zero-order chi connectivity index (χ0) is 26.0. The van der Waals surface area contributed by atoms with Crippen molar-refractivity contribution in [3.63, 3.8) is 0 Å². The molecule has 37 heavy (non-hydrogen) atoms. The van der Waals surface area contributed by atoms with E-state index < -0.39 is 11.4 Å². The summed E-state index contributed by atoms with van der Waals surface area (Å²) in [5, 5.41) is 13.9. The molecule has 0 saturated carbocycles. The van der Waals surface area contributed by atoms with Gasteiger partial charge in [0.1, 0.15) is 23.0 Å². The molecular formula is C29H34FN3O4.